The van der Waals surface area contributed by atoms with Gasteiger partial charge in [0.2, 0.25) is 17.7 Å². The maximum atomic E-state index is 12.5. The van der Waals surface area contributed by atoms with E-state index >= 15 is 0 Å². The van der Waals surface area contributed by atoms with Crippen LogP contribution in [0.3, 0.4) is 0 Å². The zero-order valence-electron chi connectivity index (χ0n) is 50.0. The number of nitrogens with two attached hydrogens (primary N) is 1. The molecule has 23 nitrogen and oxygen atoms in total. The summed E-state index contributed by atoms with van der Waals surface area (Å²) in [6.45, 7) is 29.0. The minimum absolute atomic E-state index is 0.0683. The average molecular weight is 1100 g/mol. The Labute approximate surface area is 461 Å². The minimum Gasteiger partial charge on any atom is -0.480 e. The van der Waals surface area contributed by atoms with Crippen LogP contribution in [0.2, 0.25) is 12.6 Å². The van der Waals surface area contributed by atoms with E-state index in [2.05, 4.69) is 29.1 Å². The smallest absolute Gasteiger partial charge is 0.451 e. The lowest BCUT2D eigenvalue weighted by atomic mass is 9.81. The zero-order valence-corrected chi connectivity index (χ0v) is 50.0. The molecule has 0 bridgehead atoms. The van der Waals surface area contributed by atoms with E-state index in [-0.39, 0.29) is 54.7 Å². The van der Waals surface area contributed by atoms with Gasteiger partial charge in [0.15, 0.2) is 0 Å². The molecule has 0 saturated heterocycles. The summed E-state index contributed by atoms with van der Waals surface area (Å²) >= 11 is 0. The quantitative estimate of drug-likeness (QED) is 0.0212. The topological polar surface area (TPSA) is 340 Å². The van der Waals surface area contributed by atoms with Gasteiger partial charge in [-0.3, -0.25) is 19.2 Å². The molecule has 0 fully saturated rings. The highest BCUT2D eigenvalue weighted by Gasteiger charge is 2.35. The van der Waals surface area contributed by atoms with E-state index in [9.17, 15) is 38.7 Å². The number of rotatable bonds is 30. The first-order valence-electron chi connectivity index (χ1n) is 26.0. The van der Waals surface area contributed by atoms with Crippen molar-refractivity contribution in [1.29, 1.82) is 0 Å². The molecule has 0 aromatic heterocycles. The van der Waals surface area contributed by atoms with Crippen molar-refractivity contribution in [2.45, 2.75) is 175 Å². The number of esters is 3. The highest BCUT2D eigenvalue weighted by Crippen LogP contribution is 2.21. The second-order valence-electron chi connectivity index (χ2n) is 22.9. The summed E-state index contributed by atoms with van der Waals surface area (Å²) < 4.78 is 16.1. The molecule has 11 N–H and O–H groups in total. The van der Waals surface area contributed by atoms with E-state index in [1.807, 2.05) is 77.8 Å². The highest BCUT2D eigenvalue weighted by atomic mass is 16.6. The van der Waals surface area contributed by atoms with Crippen LogP contribution < -0.4 is 21.7 Å². The first-order chi connectivity index (χ1) is 35.0. The number of aliphatic carboxylic acids is 1. The van der Waals surface area contributed by atoms with Crippen LogP contribution in [0.1, 0.15) is 122 Å². The molecule has 0 spiro atoms. The number of aliphatic hydroxyl groups excluding tert-OH is 1. The van der Waals surface area contributed by atoms with E-state index in [1.54, 1.807) is 53.7 Å². The zero-order chi connectivity index (χ0) is 61.2. The van der Waals surface area contributed by atoms with E-state index in [1.165, 1.54) is 20.8 Å². The summed E-state index contributed by atoms with van der Waals surface area (Å²) in [6.07, 6.45) is 7.10. The van der Waals surface area contributed by atoms with Crippen LogP contribution in [0.25, 0.3) is 0 Å². The van der Waals surface area contributed by atoms with Gasteiger partial charge in [-0.25, -0.2) is 14.4 Å². The number of nitrogens with zero attached hydrogens (tertiary/aromatic N) is 3. The van der Waals surface area contributed by atoms with Gasteiger partial charge in [0.1, 0.15) is 41.0 Å². The Hall–Kier alpha value is -4.46. The van der Waals surface area contributed by atoms with Gasteiger partial charge in [-0.1, -0.05) is 25.0 Å². The predicted octanol–water partition coefficient (Wildman–Crippen LogP) is 1.70. The normalized spacial score (nSPS) is 14.5. The van der Waals surface area contributed by atoms with Gasteiger partial charge in [0.05, 0.1) is 0 Å². The van der Waals surface area contributed by atoms with E-state index in [4.69, 9.17) is 45.1 Å². The van der Waals surface area contributed by atoms with Crippen molar-refractivity contribution in [2.75, 3.05) is 68.5 Å². The van der Waals surface area contributed by atoms with Crippen molar-refractivity contribution >= 4 is 55.8 Å². The highest BCUT2D eigenvalue weighted by molar-refractivity contribution is 6.41. The van der Waals surface area contributed by atoms with Crippen molar-refractivity contribution in [3.63, 3.8) is 0 Å². The van der Waals surface area contributed by atoms with Gasteiger partial charge in [0, 0.05) is 64.8 Å². The number of allylic oxidation sites excluding steroid dienone is 2. The van der Waals surface area contributed by atoms with Crippen molar-refractivity contribution in [2.24, 2.45) is 29.4 Å². The SMILES string of the molecule is C=CC[C@H](CN(C)C)[C@H](NC(C)=O)C(=O)OC(C)(C)C.C=CC[C@H](CO)[C@H](NC(C)=O)C(=O)OC(C)(C)C.CC(=O)N[C@H](C(=O)OC(C)(C)C)[C@H](CCCB(O)O)CN(C)C.CN(C)C[C@@H](CCCB(O)O)[C@H](N)C(=O)O. The molecule has 0 rings (SSSR count). The third-order valence-corrected chi connectivity index (χ3v) is 10.3. The number of carboxylic acid groups (broad SMARTS) is 1. The van der Waals surface area contributed by atoms with Crippen LogP contribution in [0.15, 0.2) is 25.3 Å². The standard InChI is InChI=1S/C15H31BN2O5.C15H28N2O3.C13H23NO4.C9H21BN2O4/c1-11(19)17-13(14(20)23-15(2,3)4)12(10-18(5)6)8-7-9-16(21)22;1-8-9-12(10-17(6)7)13(16-11(2)18)14(19)20-15(3,4)5;1-6-7-10(8-15)11(14-9(2)16)12(17)18-13(3,4)5;1-12(2)6-7(8(11)9(13)14)4-3-5-10(15)16/h12-13,21-22H,7-10H2,1-6H3,(H,17,19);8,12-13H,1,9-10H2,2-7H3,(H,16,18);6,10-11,15H,1,7-8H2,2-5H3,(H,14,16);7-8,15-16H,3-6,11H2,1-2H3,(H,13,14)/t2*12-,13+;10-,11+;7-,8+/m1111/s1. The molecule has 0 aliphatic rings. The second-order valence-corrected chi connectivity index (χ2v) is 22.9. The molecule has 0 aromatic carbocycles. The number of carboxylic acids is 1. The molecule has 0 aliphatic carbocycles. The molecule has 448 valence electrons. The molecule has 0 radical (unpaired) electrons. The average Bonchev–Trinajstić information content (AvgIpc) is 3.22. The number of hydrogen-bond donors (Lipinski definition) is 10. The van der Waals surface area contributed by atoms with Crippen molar-refractivity contribution in [3.05, 3.63) is 25.3 Å². The molecule has 0 heterocycles. The number of hydrogen-bond acceptors (Lipinski definition) is 19. The van der Waals surface area contributed by atoms with Crippen molar-refractivity contribution in [3.8, 4) is 0 Å². The Kier molecular flexibility index (Phi) is 41.8. The molecule has 0 saturated carbocycles. The number of amides is 3. The van der Waals surface area contributed by atoms with Crippen LogP contribution in [0.5, 0.6) is 0 Å². The fraction of sp³-hybridized carbons (Fsp3) is 0.788. The lowest BCUT2D eigenvalue weighted by Gasteiger charge is -2.31. The summed E-state index contributed by atoms with van der Waals surface area (Å²) in [6, 6.07) is -3.18. The van der Waals surface area contributed by atoms with Gasteiger partial charge < -0.3 is 80.9 Å². The van der Waals surface area contributed by atoms with Gasteiger partial charge in [-0.2, -0.15) is 0 Å². The molecule has 3 amide bonds. The van der Waals surface area contributed by atoms with E-state index in [0.717, 1.165) is 0 Å². The number of carbonyl (C=O) groups excluding carboxylic acids is 6. The van der Waals surface area contributed by atoms with Crippen LogP contribution >= 0.6 is 0 Å². The van der Waals surface area contributed by atoms with Crippen LogP contribution in [0.4, 0.5) is 0 Å². The first-order valence-corrected chi connectivity index (χ1v) is 26.0. The van der Waals surface area contributed by atoms with Gasteiger partial charge in [-0.05, 0) is 149 Å². The third kappa shape index (κ3) is 46.2. The molecule has 77 heavy (non-hydrogen) atoms. The summed E-state index contributed by atoms with van der Waals surface area (Å²) in [5, 5.41) is 61.4. The molecule has 8 atom stereocenters. The fourth-order valence-corrected chi connectivity index (χ4v) is 7.40. The number of aliphatic hydroxyl groups is 1. The van der Waals surface area contributed by atoms with E-state index in [0.29, 0.717) is 58.2 Å². The first kappa shape index (κ1) is 79.0. The predicted molar refractivity (Wildman–Crippen MR) is 301 cm³/mol. The molecular weight excluding hydrogens is 1000 g/mol. The van der Waals surface area contributed by atoms with Gasteiger partial charge in [0.25, 0.3) is 0 Å². The molecule has 25 heteroatoms. The Balaban J connectivity index is -0.000000465. The summed E-state index contributed by atoms with van der Waals surface area (Å²) in [5.74, 6) is -4.16. The molecule has 0 aromatic rings. The van der Waals surface area contributed by atoms with Crippen molar-refractivity contribution in [1.82, 2.24) is 30.7 Å². The van der Waals surface area contributed by atoms with E-state index < -0.39 is 85.0 Å². The van der Waals surface area contributed by atoms with Gasteiger partial charge in [-0.15, -0.1) is 13.2 Å². The lowest BCUT2D eigenvalue weighted by molar-refractivity contribution is -0.161. The summed E-state index contributed by atoms with van der Waals surface area (Å²) in [7, 11) is 8.62. The largest absolute Gasteiger partial charge is 0.480 e. The monoisotopic (exact) mass is 1100 g/mol. The maximum Gasteiger partial charge on any atom is 0.451 e. The summed E-state index contributed by atoms with van der Waals surface area (Å²) in [4.78, 5) is 87.3. The number of nitrogens with one attached hydrogen (secondary N) is 3. The molecular formula is C52H103B2N7O16. The lowest BCUT2D eigenvalue weighted by Crippen LogP contribution is -2.50. The Morgan fingerprint density at radius 3 is 1.06 bits per heavy atom. The van der Waals surface area contributed by atoms with Gasteiger partial charge >= 0.3 is 38.1 Å². The Morgan fingerprint density at radius 2 is 0.805 bits per heavy atom. The fourth-order valence-electron chi connectivity index (χ4n) is 7.40. The van der Waals surface area contributed by atoms with Crippen LogP contribution in [-0.4, -0.2) is 210 Å². The van der Waals surface area contributed by atoms with Crippen LogP contribution in [0, 0.1) is 23.7 Å². The Morgan fingerprint density at radius 1 is 0.532 bits per heavy atom. The third-order valence-electron chi connectivity index (χ3n) is 10.3. The second kappa shape index (κ2) is 40.7. The molecule has 0 aliphatic heterocycles. The number of ether oxygens (including phenoxy) is 3. The Bertz CT molecular complexity index is 1740. The van der Waals surface area contributed by atoms with Crippen LogP contribution in [-0.2, 0) is 47.8 Å². The number of carbonyl (C=O) groups is 7. The maximum absolute atomic E-state index is 12.5. The summed E-state index contributed by atoms with van der Waals surface area (Å²) in [5.41, 5.74) is 3.72. The van der Waals surface area contributed by atoms with Crippen molar-refractivity contribution < 1.29 is 78.1 Å². The molecule has 0 unspecified atom stereocenters. The minimum atomic E-state index is -1.37.